The molecule has 0 radical (unpaired) electrons. The van der Waals surface area contributed by atoms with Gasteiger partial charge in [-0.1, -0.05) is 54.6 Å². The molecule has 146 valence electrons. The summed E-state index contributed by atoms with van der Waals surface area (Å²) in [5, 5.41) is 2.98. The molecule has 5 heteroatoms. The average Bonchev–Trinajstić information content (AvgIpc) is 2.78. The quantitative estimate of drug-likeness (QED) is 0.667. The van der Waals surface area contributed by atoms with Crippen molar-refractivity contribution >= 4 is 11.7 Å². The first kappa shape index (κ1) is 18.7. The third kappa shape index (κ3) is 3.99. The van der Waals surface area contributed by atoms with E-state index in [0.29, 0.717) is 41.4 Å². The lowest BCUT2D eigenvalue weighted by Gasteiger charge is -2.21. The number of nitrogens with one attached hydrogen (secondary N) is 1. The van der Waals surface area contributed by atoms with E-state index in [0.717, 1.165) is 5.56 Å². The largest absolute Gasteiger partial charge is 0.486 e. The number of carbonyl (C=O) groups is 2. The number of fused-ring (bicyclic) bond motifs is 1. The van der Waals surface area contributed by atoms with Gasteiger partial charge in [0.05, 0.1) is 11.6 Å². The van der Waals surface area contributed by atoms with E-state index in [-0.39, 0.29) is 17.7 Å². The smallest absolute Gasteiger partial charge is 0.252 e. The molecule has 1 N–H and O–H groups in total. The normalized spacial score (nSPS) is 13.4. The highest BCUT2D eigenvalue weighted by Crippen LogP contribution is 2.32. The molecular weight excluding hydrogens is 366 g/mol. The molecule has 4 rings (SSSR count). The first-order chi connectivity index (χ1) is 14.1. The maximum atomic E-state index is 13.0. The second kappa shape index (κ2) is 8.19. The van der Waals surface area contributed by atoms with Crippen molar-refractivity contribution in [2.75, 3.05) is 13.2 Å². The third-order valence-electron chi connectivity index (χ3n) is 4.87. The van der Waals surface area contributed by atoms with Crippen LogP contribution in [0.4, 0.5) is 0 Å². The number of ether oxygens (including phenoxy) is 2. The van der Waals surface area contributed by atoms with E-state index in [1.54, 1.807) is 48.5 Å². The van der Waals surface area contributed by atoms with Gasteiger partial charge in [0.2, 0.25) is 0 Å². The van der Waals surface area contributed by atoms with Crippen molar-refractivity contribution in [2.24, 2.45) is 0 Å². The summed E-state index contributed by atoms with van der Waals surface area (Å²) in [7, 11) is 0. The molecule has 1 aliphatic heterocycles. The van der Waals surface area contributed by atoms with Crippen LogP contribution in [-0.2, 0) is 0 Å². The van der Waals surface area contributed by atoms with E-state index >= 15 is 0 Å². The SMILES string of the molecule is C[C@H](NC(=O)c1ccccc1C(=O)c1ccccc1)c1ccc2c(c1)OCCO2. The standard InChI is InChI=1S/C24H21NO4/c1-16(18-11-12-21-22(15-18)29-14-13-28-21)25-24(27)20-10-6-5-9-19(20)23(26)17-7-3-2-4-8-17/h2-12,15-16H,13-14H2,1H3,(H,25,27)/t16-/m0/s1. The fraction of sp³-hybridized carbons (Fsp3) is 0.167. The zero-order valence-electron chi connectivity index (χ0n) is 16.1. The molecule has 0 aliphatic carbocycles. The van der Waals surface area contributed by atoms with Crippen LogP contribution in [-0.4, -0.2) is 24.9 Å². The Morgan fingerprint density at radius 2 is 1.48 bits per heavy atom. The number of ketones is 1. The summed E-state index contributed by atoms with van der Waals surface area (Å²) in [6.07, 6.45) is 0. The van der Waals surface area contributed by atoms with Gasteiger partial charge in [0.1, 0.15) is 13.2 Å². The molecule has 0 spiro atoms. The van der Waals surface area contributed by atoms with Gasteiger partial charge in [-0.05, 0) is 30.7 Å². The Morgan fingerprint density at radius 1 is 0.828 bits per heavy atom. The van der Waals surface area contributed by atoms with Crippen LogP contribution < -0.4 is 14.8 Å². The predicted molar refractivity (Wildman–Crippen MR) is 110 cm³/mol. The monoisotopic (exact) mass is 387 g/mol. The minimum Gasteiger partial charge on any atom is -0.486 e. The van der Waals surface area contributed by atoms with Crippen molar-refractivity contribution in [1.82, 2.24) is 5.32 Å². The maximum Gasteiger partial charge on any atom is 0.252 e. The molecule has 1 heterocycles. The topological polar surface area (TPSA) is 64.6 Å². The molecule has 1 aliphatic rings. The third-order valence-corrected chi connectivity index (χ3v) is 4.87. The van der Waals surface area contributed by atoms with Crippen molar-refractivity contribution in [3.05, 3.63) is 95.1 Å². The average molecular weight is 387 g/mol. The first-order valence-corrected chi connectivity index (χ1v) is 9.52. The Kier molecular flexibility index (Phi) is 5.29. The fourth-order valence-corrected chi connectivity index (χ4v) is 3.31. The van der Waals surface area contributed by atoms with Gasteiger partial charge >= 0.3 is 0 Å². The molecule has 29 heavy (non-hydrogen) atoms. The van der Waals surface area contributed by atoms with Gasteiger partial charge in [0, 0.05) is 11.1 Å². The number of rotatable bonds is 5. The van der Waals surface area contributed by atoms with Gasteiger partial charge in [-0.3, -0.25) is 9.59 Å². The van der Waals surface area contributed by atoms with Crippen LogP contribution in [0, 0.1) is 0 Å². The van der Waals surface area contributed by atoms with Crippen molar-refractivity contribution in [3.8, 4) is 11.5 Å². The molecule has 0 unspecified atom stereocenters. The van der Waals surface area contributed by atoms with Gasteiger partial charge in [-0.15, -0.1) is 0 Å². The highest BCUT2D eigenvalue weighted by atomic mass is 16.6. The summed E-state index contributed by atoms with van der Waals surface area (Å²) in [5.74, 6) is 0.905. The van der Waals surface area contributed by atoms with Gasteiger partial charge in [-0.2, -0.15) is 0 Å². The lowest BCUT2D eigenvalue weighted by molar-refractivity contribution is 0.0929. The Morgan fingerprint density at radius 3 is 2.24 bits per heavy atom. The second-order valence-electron chi connectivity index (χ2n) is 6.84. The zero-order chi connectivity index (χ0) is 20.2. The van der Waals surface area contributed by atoms with Crippen molar-refractivity contribution in [2.45, 2.75) is 13.0 Å². The molecular formula is C24H21NO4. The van der Waals surface area contributed by atoms with E-state index in [4.69, 9.17) is 9.47 Å². The molecule has 1 atom stereocenters. The summed E-state index contributed by atoms with van der Waals surface area (Å²) in [6.45, 7) is 2.93. The van der Waals surface area contributed by atoms with Gasteiger partial charge < -0.3 is 14.8 Å². The maximum absolute atomic E-state index is 13.0. The summed E-state index contributed by atoms with van der Waals surface area (Å²) >= 11 is 0. The molecule has 0 aromatic heterocycles. The van der Waals surface area contributed by atoms with E-state index in [9.17, 15) is 9.59 Å². The van der Waals surface area contributed by atoms with E-state index in [1.807, 2.05) is 31.2 Å². The second-order valence-corrected chi connectivity index (χ2v) is 6.84. The van der Waals surface area contributed by atoms with E-state index in [1.165, 1.54) is 0 Å². The number of hydrogen-bond acceptors (Lipinski definition) is 4. The number of hydrogen-bond donors (Lipinski definition) is 1. The van der Waals surface area contributed by atoms with Crippen LogP contribution in [0.25, 0.3) is 0 Å². The van der Waals surface area contributed by atoms with Crippen LogP contribution in [0.5, 0.6) is 11.5 Å². The number of carbonyl (C=O) groups excluding carboxylic acids is 2. The Labute approximate surface area is 169 Å². The van der Waals surface area contributed by atoms with E-state index < -0.39 is 0 Å². The first-order valence-electron chi connectivity index (χ1n) is 9.52. The van der Waals surface area contributed by atoms with Gasteiger partial charge in [0.25, 0.3) is 5.91 Å². The highest BCUT2D eigenvalue weighted by Gasteiger charge is 2.20. The van der Waals surface area contributed by atoms with E-state index in [2.05, 4.69) is 5.32 Å². The lowest BCUT2D eigenvalue weighted by atomic mass is 9.97. The zero-order valence-corrected chi connectivity index (χ0v) is 16.1. The van der Waals surface area contributed by atoms with Crippen LogP contribution in [0.15, 0.2) is 72.8 Å². The Bertz CT molecular complexity index is 1050. The molecule has 0 saturated carbocycles. The van der Waals surface area contributed by atoms with Crippen molar-refractivity contribution in [1.29, 1.82) is 0 Å². The van der Waals surface area contributed by atoms with Gasteiger partial charge in [-0.25, -0.2) is 0 Å². The molecule has 1 amide bonds. The molecule has 5 nitrogen and oxygen atoms in total. The molecule has 3 aromatic rings. The van der Waals surface area contributed by atoms with Crippen LogP contribution in [0.3, 0.4) is 0 Å². The minimum absolute atomic E-state index is 0.177. The fourth-order valence-electron chi connectivity index (χ4n) is 3.31. The molecule has 0 saturated heterocycles. The Hall–Kier alpha value is -3.60. The molecule has 0 bridgehead atoms. The van der Waals surface area contributed by atoms with Crippen molar-refractivity contribution in [3.63, 3.8) is 0 Å². The molecule has 0 fully saturated rings. The van der Waals surface area contributed by atoms with Crippen LogP contribution in [0.1, 0.15) is 44.8 Å². The van der Waals surface area contributed by atoms with Crippen LogP contribution >= 0.6 is 0 Å². The Balaban J connectivity index is 1.55. The minimum atomic E-state index is -0.299. The van der Waals surface area contributed by atoms with Crippen molar-refractivity contribution < 1.29 is 19.1 Å². The number of benzene rings is 3. The lowest BCUT2D eigenvalue weighted by Crippen LogP contribution is -2.28. The summed E-state index contributed by atoms with van der Waals surface area (Å²) in [6, 6.07) is 21.2. The van der Waals surface area contributed by atoms with Crippen LogP contribution in [0.2, 0.25) is 0 Å². The molecule has 3 aromatic carbocycles. The highest BCUT2D eigenvalue weighted by molar-refractivity contribution is 6.15. The predicted octanol–water partition coefficient (Wildman–Crippen LogP) is 4.18. The number of amides is 1. The summed E-state index contributed by atoms with van der Waals surface area (Å²) in [5.41, 5.74) is 2.18. The summed E-state index contributed by atoms with van der Waals surface area (Å²) < 4.78 is 11.2. The van der Waals surface area contributed by atoms with Gasteiger partial charge in [0.15, 0.2) is 17.3 Å². The summed E-state index contributed by atoms with van der Waals surface area (Å²) in [4.78, 5) is 25.8.